The van der Waals surface area contributed by atoms with Crippen molar-refractivity contribution in [3.8, 4) is 0 Å². The fourth-order valence-corrected chi connectivity index (χ4v) is 2.17. The zero-order valence-electron chi connectivity index (χ0n) is 11.4. The van der Waals surface area contributed by atoms with Crippen molar-refractivity contribution in [2.75, 3.05) is 5.32 Å². The van der Waals surface area contributed by atoms with E-state index in [0.29, 0.717) is 11.9 Å². The number of pyridine rings is 1. The van der Waals surface area contributed by atoms with Crippen LogP contribution in [0, 0.1) is 6.92 Å². The summed E-state index contributed by atoms with van der Waals surface area (Å²) in [6.07, 6.45) is 2.15. The van der Waals surface area contributed by atoms with Gasteiger partial charge >= 0.3 is 0 Å². The first kappa shape index (κ1) is 15.4. The minimum absolute atomic E-state index is 0. The number of anilines is 2. The van der Waals surface area contributed by atoms with Crippen molar-refractivity contribution in [3.05, 3.63) is 70.1 Å². The van der Waals surface area contributed by atoms with E-state index < -0.39 is 0 Å². The van der Waals surface area contributed by atoms with Crippen molar-refractivity contribution in [2.24, 2.45) is 0 Å². The molecule has 0 saturated heterocycles. The molecule has 0 bridgehead atoms. The molecule has 0 atom stereocenters. The Morgan fingerprint density at radius 2 is 1.86 bits per heavy atom. The molecule has 0 aliphatic rings. The van der Waals surface area contributed by atoms with Crippen LogP contribution in [0.3, 0.4) is 0 Å². The molecule has 0 unspecified atom stereocenters. The molecule has 2 heterocycles. The third-order valence-corrected chi connectivity index (χ3v) is 3.24. The van der Waals surface area contributed by atoms with Crippen molar-refractivity contribution in [1.29, 1.82) is 0 Å². The molecule has 0 saturated carbocycles. The number of fused-ring (bicyclic) bond motifs is 1. The molecule has 0 aliphatic carbocycles. The Morgan fingerprint density at radius 1 is 1.14 bits per heavy atom. The zero-order chi connectivity index (χ0) is 14.8. The molecule has 1 N–H and O–H groups in total. The van der Waals surface area contributed by atoms with Crippen LogP contribution < -0.4 is 10.9 Å². The predicted molar refractivity (Wildman–Crippen MR) is 88.0 cm³/mol. The standard InChI is InChI=1S/C16H13N3O2.CH4/c1-11-6-5-9-19-15(11)18-14(13(10-20)16(19)21)17-12-7-3-2-4-8-12;/h2-10,17H,1H3;1H4. The summed E-state index contributed by atoms with van der Waals surface area (Å²) in [4.78, 5) is 28.1. The van der Waals surface area contributed by atoms with Gasteiger partial charge in [0, 0.05) is 11.9 Å². The van der Waals surface area contributed by atoms with Gasteiger partial charge in [-0.2, -0.15) is 0 Å². The highest BCUT2D eigenvalue weighted by atomic mass is 16.1. The zero-order valence-corrected chi connectivity index (χ0v) is 11.4. The number of para-hydroxylation sites is 1. The normalized spacial score (nSPS) is 10.0. The summed E-state index contributed by atoms with van der Waals surface area (Å²) < 4.78 is 1.38. The molecule has 112 valence electrons. The monoisotopic (exact) mass is 295 g/mol. The SMILES string of the molecule is C.Cc1cccn2c(=O)c(C=O)c(Nc3ccccc3)nc12. The van der Waals surface area contributed by atoms with Gasteiger partial charge in [0.05, 0.1) is 0 Å². The summed E-state index contributed by atoms with van der Waals surface area (Å²) in [6.45, 7) is 1.87. The van der Waals surface area contributed by atoms with Gasteiger partial charge in [-0.25, -0.2) is 4.98 Å². The summed E-state index contributed by atoms with van der Waals surface area (Å²) in [6, 6.07) is 12.9. The first-order valence-corrected chi connectivity index (χ1v) is 6.50. The second kappa shape index (κ2) is 6.22. The van der Waals surface area contributed by atoms with E-state index in [1.165, 1.54) is 4.40 Å². The second-order valence-electron chi connectivity index (χ2n) is 4.67. The number of nitrogens with one attached hydrogen (secondary N) is 1. The van der Waals surface area contributed by atoms with Crippen molar-refractivity contribution < 1.29 is 4.79 Å². The maximum absolute atomic E-state index is 12.4. The van der Waals surface area contributed by atoms with E-state index in [2.05, 4.69) is 10.3 Å². The Kier molecular flexibility index (Phi) is 4.36. The number of aldehydes is 1. The summed E-state index contributed by atoms with van der Waals surface area (Å²) in [5, 5.41) is 3.03. The summed E-state index contributed by atoms with van der Waals surface area (Å²) in [5.74, 6) is 0.274. The van der Waals surface area contributed by atoms with Crippen molar-refractivity contribution in [3.63, 3.8) is 0 Å². The Balaban J connectivity index is 0.00000176. The van der Waals surface area contributed by atoms with Crippen molar-refractivity contribution in [1.82, 2.24) is 9.38 Å². The smallest absolute Gasteiger partial charge is 0.270 e. The summed E-state index contributed by atoms with van der Waals surface area (Å²) in [7, 11) is 0. The highest BCUT2D eigenvalue weighted by molar-refractivity contribution is 5.84. The van der Waals surface area contributed by atoms with Crippen LogP contribution in [0.15, 0.2) is 53.5 Å². The highest BCUT2D eigenvalue weighted by Crippen LogP contribution is 2.17. The van der Waals surface area contributed by atoms with Gasteiger partial charge in [-0.3, -0.25) is 14.0 Å². The molecule has 0 aliphatic heterocycles. The van der Waals surface area contributed by atoms with Crippen LogP contribution in [0.2, 0.25) is 0 Å². The molecule has 3 aromatic rings. The maximum Gasteiger partial charge on any atom is 0.270 e. The van der Waals surface area contributed by atoms with Crippen molar-refractivity contribution >= 4 is 23.4 Å². The van der Waals surface area contributed by atoms with E-state index in [-0.39, 0.29) is 24.4 Å². The lowest BCUT2D eigenvalue weighted by atomic mass is 10.2. The average molecular weight is 295 g/mol. The van der Waals surface area contributed by atoms with Crippen LogP contribution in [0.25, 0.3) is 5.65 Å². The number of benzene rings is 1. The average Bonchev–Trinajstić information content (AvgIpc) is 2.50. The largest absolute Gasteiger partial charge is 0.339 e. The van der Waals surface area contributed by atoms with Gasteiger partial charge in [0.15, 0.2) is 6.29 Å². The van der Waals surface area contributed by atoms with Crippen molar-refractivity contribution in [2.45, 2.75) is 14.4 Å². The molecule has 0 radical (unpaired) electrons. The van der Waals surface area contributed by atoms with Gasteiger partial charge < -0.3 is 5.32 Å². The van der Waals surface area contributed by atoms with Crippen LogP contribution in [0.5, 0.6) is 0 Å². The third kappa shape index (κ3) is 2.61. The van der Waals surface area contributed by atoms with E-state index in [1.54, 1.807) is 12.3 Å². The van der Waals surface area contributed by atoms with E-state index in [0.717, 1.165) is 11.3 Å². The lowest BCUT2D eigenvalue weighted by Crippen LogP contribution is -2.22. The first-order chi connectivity index (χ1) is 10.2. The van der Waals surface area contributed by atoms with E-state index in [9.17, 15) is 9.59 Å². The molecule has 5 nitrogen and oxygen atoms in total. The Labute approximate surface area is 128 Å². The quantitative estimate of drug-likeness (QED) is 0.754. The molecule has 5 heteroatoms. The number of carbonyl (C=O) groups excluding carboxylic acids is 1. The third-order valence-electron chi connectivity index (χ3n) is 3.24. The fraction of sp³-hybridized carbons (Fsp3) is 0.118. The maximum atomic E-state index is 12.4. The Bertz CT molecular complexity index is 870. The molecule has 1 aromatic carbocycles. The topological polar surface area (TPSA) is 63.5 Å². The number of hydrogen-bond donors (Lipinski definition) is 1. The van der Waals surface area contributed by atoms with Gasteiger partial charge in [-0.05, 0) is 30.7 Å². The minimum Gasteiger partial charge on any atom is -0.339 e. The Hall–Kier alpha value is -2.95. The first-order valence-electron chi connectivity index (χ1n) is 6.50. The van der Waals surface area contributed by atoms with E-state index in [1.807, 2.05) is 43.3 Å². The van der Waals surface area contributed by atoms with Gasteiger partial charge in [-0.1, -0.05) is 31.7 Å². The number of carbonyl (C=O) groups is 1. The molecule has 0 amide bonds. The van der Waals surface area contributed by atoms with Gasteiger partial charge in [0.25, 0.3) is 5.56 Å². The number of hydrogen-bond acceptors (Lipinski definition) is 4. The summed E-state index contributed by atoms with van der Waals surface area (Å²) >= 11 is 0. The summed E-state index contributed by atoms with van der Waals surface area (Å²) in [5.41, 5.74) is 1.80. The highest BCUT2D eigenvalue weighted by Gasteiger charge is 2.13. The van der Waals surface area contributed by atoms with E-state index >= 15 is 0 Å². The van der Waals surface area contributed by atoms with Crippen LogP contribution in [0.4, 0.5) is 11.5 Å². The van der Waals surface area contributed by atoms with Gasteiger partial charge in [0.2, 0.25) is 0 Å². The second-order valence-corrected chi connectivity index (χ2v) is 4.67. The van der Waals surface area contributed by atoms with Crippen LogP contribution in [-0.2, 0) is 0 Å². The molecule has 0 spiro atoms. The van der Waals surface area contributed by atoms with Gasteiger partial charge in [0.1, 0.15) is 17.0 Å². The van der Waals surface area contributed by atoms with Crippen LogP contribution >= 0.6 is 0 Å². The Morgan fingerprint density at radius 3 is 2.55 bits per heavy atom. The lowest BCUT2D eigenvalue weighted by molar-refractivity contribution is 0.112. The molecular formula is C17H17N3O2. The lowest BCUT2D eigenvalue weighted by Gasteiger charge is -2.10. The molecule has 3 rings (SSSR count). The minimum atomic E-state index is -0.378. The molecular weight excluding hydrogens is 278 g/mol. The van der Waals surface area contributed by atoms with Crippen LogP contribution in [0.1, 0.15) is 23.3 Å². The number of aromatic nitrogens is 2. The number of nitrogens with zero attached hydrogens (tertiary/aromatic N) is 2. The van der Waals surface area contributed by atoms with Gasteiger partial charge in [-0.15, -0.1) is 0 Å². The van der Waals surface area contributed by atoms with E-state index in [4.69, 9.17) is 0 Å². The fourth-order valence-electron chi connectivity index (χ4n) is 2.17. The van der Waals surface area contributed by atoms with Crippen LogP contribution in [-0.4, -0.2) is 15.7 Å². The molecule has 0 fully saturated rings. The molecule has 2 aromatic heterocycles. The number of aryl methyl sites for hydroxylation is 1. The molecule has 22 heavy (non-hydrogen) atoms. The number of rotatable bonds is 3. The predicted octanol–water partition coefficient (Wildman–Crippen LogP) is 3.20.